The molecule has 0 saturated carbocycles. The number of phenolic OH excluding ortho intramolecular Hbond substituents is 1. The number of halogens is 1. The molecule has 2 aromatic heterocycles. The predicted octanol–water partition coefficient (Wildman–Crippen LogP) is 4.05. The molecule has 0 atom stereocenters. The first kappa shape index (κ1) is 18.0. The zero-order chi connectivity index (χ0) is 16.4. The van der Waals surface area contributed by atoms with Gasteiger partial charge in [-0.2, -0.15) is 0 Å². The molecule has 2 heterocycles. The molecule has 0 saturated heterocycles. The van der Waals surface area contributed by atoms with Gasteiger partial charge in [-0.1, -0.05) is 12.1 Å². The fraction of sp³-hybridized carbons (Fsp3) is 0.188. The number of esters is 1. The van der Waals surface area contributed by atoms with Crippen molar-refractivity contribution in [1.82, 2.24) is 9.97 Å². The Balaban J connectivity index is 0.00000208. The average molecular weight is 366 g/mol. The Labute approximate surface area is 148 Å². The van der Waals surface area contributed by atoms with Crippen LogP contribution in [0.3, 0.4) is 0 Å². The number of nitrogens with zero attached hydrogens (tertiary/aromatic N) is 2. The Morgan fingerprint density at radius 1 is 1.33 bits per heavy atom. The molecular weight excluding hydrogens is 350 g/mol. The van der Waals surface area contributed by atoms with Gasteiger partial charge in [0.25, 0.3) is 0 Å². The summed E-state index contributed by atoms with van der Waals surface area (Å²) in [5.74, 6) is 0.306. The molecule has 0 unspecified atom stereocenters. The maximum atomic E-state index is 12.0. The molecule has 0 bridgehead atoms. The van der Waals surface area contributed by atoms with Crippen molar-refractivity contribution in [3.05, 3.63) is 41.0 Å². The lowest BCUT2D eigenvalue weighted by molar-refractivity contribution is 0.0531. The molecule has 3 rings (SSSR count). The van der Waals surface area contributed by atoms with Crippen molar-refractivity contribution >= 4 is 51.4 Å². The summed E-state index contributed by atoms with van der Waals surface area (Å²) in [6.07, 6.45) is 1.43. The van der Waals surface area contributed by atoms with E-state index in [1.807, 2.05) is 13.0 Å². The van der Waals surface area contributed by atoms with Crippen LogP contribution in [0.5, 0.6) is 5.75 Å². The van der Waals surface area contributed by atoms with E-state index in [1.165, 1.54) is 17.7 Å². The molecule has 3 aromatic rings. The molecular formula is C16H16ClN3O3S. The molecule has 0 radical (unpaired) electrons. The first-order valence-electron chi connectivity index (χ1n) is 7.08. The smallest absolute Gasteiger partial charge is 0.348 e. The van der Waals surface area contributed by atoms with Crippen molar-refractivity contribution in [2.45, 2.75) is 13.8 Å². The number of anilines is 2. The molecule has 0 aliphatic rings. The Morgan fingerprint density at radius 2 is 2.08 bits per heavy atom. The van der Waals surface area contributed by atoms with Gasteiger partial charge in [-0.15, -0.1) is 23.7 Å². The Bertz CT molecular complexity index is 882. The number of carbonyl (C=O) groups excluding carboxylic acids is 1. The molecule has 0 amide bonds. The van der Waals surface area contributed by atoms with Gasteiger partial charge in [-0.25, -0.2) is 14.8 Å². The van der Waals surface area contributed by atoms with Crippen molar-refractivity contribution in [2.24, 2.45) is 0 Å². The summed E-state index contributed by atoms with van der Waals surface area (Å²) in [4.78, 5) is 21.7. The third kappa shape index (κ3) is 3.27. The van der Waals surface area contributed by atoms with Gasteiger partial charge < -0.3 is 15.2 Å². The van der Waals surface area contributed by atoms with Gasteiger partial charge >= 0.3 is 5.97 Å². The normalized spacial score (nSPS) is 10.2. The van der Waals surface area contributed by atoms with Gasteiger partial charge in [0.2, 0.25) is 0 Å². The Kier molecular flexibility index (Phi) is 5.58. The fourth-order valence-electron chi connectivity index (χ4n) is 2.26. The number of rotatable bonds is 4. The maximum absolute atomic E-state index is 12.0. The zero-order valence-electron chi connectivity index (χ0n) is 13.1. The SMILES string of the molecule is CCOC(=O)c1sc2ncnc(Nc3ccccc3O)c2c1C.Cl. The number of carbonyl (C=O) groups is 1. The van der Waals surface area contributed by atoms with E-state index in [4.69, 9.17) is 4.74 Å². The van der Waals surface area contributed by atoms with Crippen molar-refractivity contribution in [3.63, 3.8) is 0 Å². The van der Waals surface area contributed by atoms with E-state index in [9.17, 15) is 9.90 Å². The van der Waals surface area contributed by atoms with Crippen LogP contribution in [0, 0.1) is 6.92 Å². The predicted molar refractivity (Wildman–Crippen MR) is 96.7 cm³/mol. The molecule has 0 aliphatic carbocycles. The number of fused-ring (bicyclic) bond motifs is 1. The van der Waals surface area contributed by atoms with Gasteiger partial charge in [0.1, 0.15) is 27.6 Å². The fourth-order valence-corrected chi connectivity index (χ4v) is 3.31. The summed E-state index contributed by atoms with van der Waals surface area (Å²) in [7, 11) is 0. The lowest BCUT2D eigenvalue weighted by Gasteiger charge is -2.08. The summed E-state index contributed by atoms with van der Waals surface area (Å²) in [5, 5.41) is 13.7. The number of thiophene rings is 1. The van der Waals surface area contributed by atoms with Crippen molar-refractivity contribution in [2.75, 3.05) is 11.9 Å². The monoisotopic (exact) mass is 365 g/mol. The van der Waals surface area contributed by atoms with E-state index >= 15 is 0 Å². The van der Waals surface area contributed by atoms with E-state index in [2.05, 4.69) is 15.3 Å². The number of hydrogen-bond donors (Lipinski definition) is 2. The van der Waals surface area contributed by atoms with Gasteiger partial charge in [0.05, 0.1) is 17.7 Å². The summed E-state index contributed by atoms with van der Waals surface area (Å²) in [5.41, 5.74) is 1.30. The Morgan fingerprint density at radius 3 is 2.79 bits per heavy atom. The largest absolute Gasteiger partial charge is 0.506 e. The molecule has 24 heavy (non-hydrogen) atoms. The highest BCUT2D eigenvalue weighted by atomic mass is 35.5. The molecule has 6 nitrogen and oxygen atoms in total. The van der Waals surface area contributed by atoms with Crippen LogP contribution in [-0.4, -0.2) is 27.7 Å². The minimum Gasteiger partial charge on any atom is -0.506 e. The number of benzene rings is 1. The van der Waals surface area contributed by atoms with Gasteiger partial charge in [-0.05, 0) is 31.5 Å². The second kappa shape index (κ2) is 7.46. The zero-order valence-corrected chi connectivity index (χ0v) is 14.7. The van der Waals surface area contributed by atoms with E-state index in [0.717, 1.165) is 10.9 Å². The standard InChI is InChI=1S/C16H15N3O3S.ClH/c1-3-22-16(21)13-9(2)12-14(17-8-18-15(12)23-13)19-10-6-4-5-7-11(10)20;/h4-8,20H,3H2,1-2H3,(H,17,18,19);1H. The first-order valence-corrected chi connectivity index (χ1v) is 7.89. The minimum atomic E-state index is -0.360. The van der Waals surface area contributed by atoms with Crippen molar-refractivity contribution in [1.29, 1.82) is 0 Å². The number of hydrogen-bond acceptors (Lipinski definition) is 7. The van der Waals surface area contributed by atoms with Crippen LogP contribution in [0.1, 0.15) is 22.2 Å². The van der Waals surface area contributed by atoms with Crippen LogP contribution in [0.15, 0.2) is 30.6 Å². The molecule has 0 aliphatic heterocycles. The maximum Gasteiger partial charge on any atom is 0.348 e. The van der Waals surface area contributed by atoms with Crippen LogP contribution in [0.2, 0.25) is 0 Å². The van der Waals surface area contributed by atoms with Gasteiger partial charge in [-0.3, -0.25) is 0 Å². The summed E-state index contributed by atoms with van der Waals surface area (Å²) in [6.45, 7) is 3.93. The molecule has 126 valence electrons. The van der Waals surface area contributed by atoms with Gasteiger partial charge in [0.15, 0.2) is 0 Å². The van der Waals surface area contributed by atoms with Crippen LogP contribution in [-0.2, 0) is 4.74 Å². The second-order valence-electron chi connectivity index (χ2n) is 4.82. The summed E-state index contributed by atoms with van der Waals surface area (Å²) in [6, 6.07) is 6.89. The minimum absolute atomic E-state index is 0. The van der Waals surface area contributed by atoms with E-state index in [-0.39, 0.29) is 24.1 Å². The van der Waals surface area contributed by atoms with E-state index < -0.39 is 0 Å². The van der Waals surface area contributed by atoms with E-state index in [1.54, 1.807) is 25.1 Å². The van der Waals surface area contributed by atoms with Crippen LogP contribution in [0.4, 0.5) is 11.5 Å². The summed E-state index contributed by atoms with van der Waals surface area (Å²) < 4.78 is 5.08. The number of aromatic nitrogens is 2. The van der Waals surface area contributed by atoms with Crippen LogP contribution >= 0.6 is 23.7 Å². The molecule has 1 aromatic carbocycles. The quantitative estimate of drug-likeness (QED) is 0.536. The lowest BCUT2D eigenvalue weighted by Crippen LogP contribution is -2.03. The van der Waals surface area contributed by atoms with Crippen molar-refractivity contribution < 1.29 is 14.6 Å². The third-order valence-electron chi connectivity index (χ3n) is 3.34. The number of phenols is 1. The number of aromatic hydroxyl groups is 1. The van der Waals surface area contributed by atoms with Crippen LogP contribution in [0.25, 0.3) is 10.2 Å². The highest BCUT2D eigenvalue weighted by Gasteiger charge is 2.20. The lowest BCUT2D eigenvalue weighted by atomic mass is 10.2. The first-order chi connectivity index (χ1) is 11.1. The number of ether oxygens (including phenoxy) is 1. The van der Waals surface area contributed by atoms with Crippen molar-refractivity contribution in [3.8, 4) is 5.75 Å². The molecule has 0 fully saturated rings. The van der Waals surface area contributed by atoms with Gasteiger partial charge in [0, 0.05) is 0 Å². The molecule has 0 spiro atoms. The highest BCUT2D eigenvalue weighted by molar-refractivity contribution is 7.20. The average Bonchev–Trinajstić information content (AvgIpc) is 2.88. The Hall–Kier alpha value is -2.38. The van der Waals surface area contributed by atoms with Crippen LogP contribution < -0.4 is 5.32 Å². The second-order valence-corrected chi connectivity index (χ2v) is 5.82. The topological polar surface area (TPSA) is 84.3 Å². The number of para-hydroxylation sites is 2. The molecule has 8 heteroatoms. The molecule has 2 N–H and O–H groups in total. The number of nitrogens with one attached hydrogen (secondary N) is 1. The highest BCUT2D eigenvalue weighted by Crippen LogP contribution is 2.36. The summed E-state index contributed by atoms with van der Waals surface area (Å²) >= 11 is 1.27. The van der Waals surface area contributed by atoms with E-state index in [0.29, 0.717) is 27.8 Å². The number of aryl methyl sites for hydroxylation is 1. The third-order valence-corrected chi connectivity index (χ3v) is 4.52.